The molecule has 0 aliphatic carbocycles. The van der Waals surface area contributed by atoms with Gasteiger partial charge in [-0.3, -0.25) is 14.7 Å². The molecule has 5 nitrogen and oxygen atoms in total. The molecule has 2 aromatic rings. The standard InChI is InChI=1S/C12H12FN3O2/c1-2-18-16-12(17)11-7-10(14-15-11)8-3-5-9(13)6-4-8/h3-7H,2H2,1H3,(H,14,15)(H,16,17). The lowest BCUT2D eigenvalue weighted by Gasteiger charge is -1.99. The zero-order chi connectivity index (χ0) is 13.0. The van der Waals surface area contributed by atoms with E-state index in [-0.39, 0.29) is 11.5 Å². The van der Waals surface area contributed by atoms with Crippen molar-refractivity contribution in [3.8, 4) is 11.3 Å². The lowest BCUT2D eigenvalue weighted by molar-refractivity contribution is 0.0360. The number of H-pyrrole nitrogens is 1. The molecule has 1 aromatic carbocycles. The number of carbonyl (C=O) groups excluding carboxylic acids is 1. The molecule has 0 aliphatic rings. The van der Waals surface area contributed by atoms with Crippen LogP contribution in [0.25, 0.3) is 11.3 Å². The second-order valence-corrected chi connectivity index (χ2v) is 3.54. The zero-order valence-corrected chi connectivity index (χ0v) is 9.74. The van der Waals surface area contributed by atoms with Crippen LogP contribution in [0.5, 0.6) is 0 Å². The van der Waals surface area contributed by atoms with E-state index in [4.69, 9.17) is 4.84 Å². The van der Waals surface area contributed by atoms with Crippen molar-refractivity contribution >= 4 is 5.91 Å². The normalized spacial score (nSPS) is 10.3. The molecule has 0 spiro atoms. The number of aromatic nitrogens is 2. The molecule has 6 heteroatoms. The molecule has 0 unspecified atom stereocenters. The molecule has 0 saturated carbocycles. The van der Waals surface area contributed by atoms with E-state index < -0.39 is 5.91 Å². The average molecular weight is 249 g/mol. The summed E-state index contributed by atoms with van der Waals surface area (Å²) in [6.07, 6.45) is 0. The largest absolute Gasteiger partial charge is 0.292 e. The number of nitrogens with zero attached hydrogens (tertiary/aromatic N) is 1. The van der Waals surface area contributed by atoms with Crippen molar-refractivity contribution in [2.45, 2.75) is 6.92 Å². The molecule has 2 rings (SSSR count). The highest BCUT2D eigenvalue weighted by atomic mass is 19.1. The topological polar surface area (TPSA) is 67.0 Å². The summed E-state index contributed by atoms with van der Waals surface area (Å²) in [4.78, 5) is 16.3. The third kappa shape index (κ3) is 2.72. The molecule has 0 aliphatic heterocycles. The van der Waals surface area contributed by atoms with Crippen molar-refractivity contribution in [3.63, 3.8) is 0 Å². The van der Waals surface area contributed by atoms with Crippen LogP contribution in [0.4, 0.5) is 4.39 Å². The van der Waals surface area contributed by atoms with E-state index >= 15 is 0 Å². The number of hydroxylamine groups is 1. The first kappa shape index (κ1) is 12.3. The number of nitrogens with one attached hydrogen (secondary N) is 2. The van der Waals surface area contributed by atoms with Crippen LogP contribution in [-0.2, 0) is 4.84 Å². The SMILES string of the molecule is CCONC(=O)c1cc(-c2ccc(F)cc2)n[nH]1. The van der Waals surface area contributed by atoms with Gasteiger partial charge >= 0.3 is 0 Å². The van der Waals surface area contributed by atoms with Gasteiger partial charge in [-0.2, -0.15) is 5.10 Å². The summed E-state index contributed by atoms with van der Waals surface area (Å²) in [5, 5.41) is 6.57. The maximum absolute atomic E-state index is 12.8. The zero-order valence-electron chi connectivity index (χ0n) is 9.74. The lowest BCUT2D eigenvalue weighted by atomic mass is 10.1. The van der Waals surface area contributed by atoms with Crippen LogP contribution in [0.15, 0.2) is 30.3 Å². The number of hydrogen-bond donors (Lipinski definition) is 2. The van der Waals surface area contributed by atoms with Crippen molar-refractivity contribution in [2.75, 3.05) is 6.61 Å². The summed E-state index contributed by atoms with van der Waals surface area (Å²) in [6.45, 7) is 2.14. The third-order valence-corrected chi connectivity index (χ3v) is 2.27. The highest BCUT2D eigenvalue weighted by Crippen LogP contribution is 2.17. The van der Waals surface area contributed by atoms with Crippen molar-refractivity contribution in [3.05, 3.63) is 41.8 Å². The average Bonchev–Trinajstić information content (AvgIpc) is 2.86. The lowest BCUT2D eigenvalue weighted by Crippen LogP contribution is -2.23. The Kier molecular flexibility index (Phi) is 3.69. The van der Waals surface area contributed by atoms with Crippen LogP contribution in [0.3, 0.4) is 0 Å². The first-order valence-electron chi connectivity index (χ1n) is 5.44. The Morgan fingerprint density at radius 3 is 2.83 bits per heavy atom. The Morgan fingerprint density at radius 2 is 2.17 bits per heavy atom. The maximum Gasteiger partial charge on any atom is 0.292 e. The summed E-state index contributed by atoms with van der Waals surface area (Å²) in [5.41, 5.74) is 3.82. The van der Waals surface area contributed by atoms with Crippen molar-refractivity contribution in [2.24, 2.45) is 0 Å². The number of hydrogen-bond acceptors (Lipinski definition) is 3. The fourth-order valence-electron chi connectivity index (χ4n) is 1.40. The van der Waals surface area contributed by atoms with Crippen molar-refractivity contribution < 1.29 is 14.0 Å². The van der Waals surface area contributed by atoms with Gasteiger partial charge in [0, 0.05) is 5.56 Å². The van der Waals surface area contributed by atoms with E-state index in [0.717, 1.165) is 5.56 Å². The van der Waals surface area contributed by atoms with Crippen molar-refractivity contribution in [1.82, 2.24) is 15.7 Å². The Hall–Kier alpha value is -2.21. The fourth-order valence-corrected chi connectivity index (χ4v) is 1.40. The number of carbonyl (C=O) groups is 1. The number of amides is 1. The summed E-state index contributed by atoms with van der Waals surface area (Å²) in [6, 6.07) is 7.43. The fraction of sp³-hybridized carbons (Fsp3) is 0.167. The molecule has 0 fully saturated rings. The maximum atomic E-state index is 12.8. The van der Waals surface area contributed by atoms with E-state index in [2.05, 4.69) is 15.7 Å². The predicted molar refractivity (Wildman–Crippen MR) is 63.1 cm³/mol. The van der Waals surface area contributed by atoms with E-state index in [0.29, 0.717) is 12.3 Å². The second-order valence-electron chi connectivity index (χ2n) is 3.54. The quantitative estimate of drug-likeness (QED) is 0.813. The molecule has 1 amide bonds. The summed E-state index contributed by atoms with van der Waals surface area (Å²) in [5.74, 6) is -0.721. The van der Waals surface area contributed by atoms with Gasteiger partial charge in [0.25, 0.3) is 5.91 Å². The van der Waals surface area contributed by atoms with Gasteiger partial charge in [-0.15, -0.1) is 0 Å². The number of rotatable bonds is 4. The van der Waals surface area contributed by atoms with Gasteiger partial charge in [-0.25, -0.2) is 9.87 Å². The molecule has 94 valence electrons. The minimum absolute atomic E-state index is 0.280. The number of aromatic amines is 1. The van der Waals surface area contributed by atoms with Gasteiger partial charge in [-0.1, -0.05) is 0 Å². The molecule has 0 bridgehead atoms. The highest BCUT2D eigenvalue weighted by molar-refractivity contribution is 5.92. The van der Waals surface area contributed by atoms with E-state index in [9.17, 15) is 9.18 Å². The Bertz CT molecular complexity index is 537. The van der Waals surface area contributed by atoms with Crippen LogP contribution in [0, 0.1) is 5.82 Å². The van der Waals surface area contributed by atoms with Crippen LogP contribution >= 0.6 is 0 Å². The monoisotopic (exact) mass is 249 g/mol. The van der Waals surface area contributed by atoms with Gasteiger partial charge in [0.2, 0.25) is 0 Å². The summed E-state index contributed by atoms with van der Waals surface area (Å²) < 4.78 is 12.8. The molecular formula is C12H12FN3O2. The predicted octanol–water partition coefficient (Wildman–Crippen LogP) is 1.90. The number of benzene rings is 1. The van der Waals surface area contributed by atoms with E-state index in [1.54, 1.807) is 25.1 Å². The molecule has 18 heavy (non-hydrogen) atoms. The Balaban J connectivity index is 2.15. The third-order valence-electron chi connectivity index (χ3n) is 2.27. The summed E-state index contributed by atoms with van der Waals surface area (Å²) in [7, 11) is 0. The molecule has 0 atom stereocenters. The molecule has 2 N–H and O–H groups in total. The molecule has 0 saturated heterocycles. The van der Waals surface area contributed by atoms with Gasteiger partial charge in [0.1, 0.15) is 11.5 Å². The minimum Gasteiger partial charge on any atom is -0.274 e. The first-order chi connectivity index (χ1) is 8.70. The van der Waals surface area contributed by atoms with Gasteiger partial charge in [-0.05, 0) is 37.3 Å². The van der Waals surface area contributed by atoms with Gasteiger partial charge in [0.05, 0.1) is 12.3 Å². The van der Waals surface area contributed by atoms with Crippen LogP contribution in [-0.4, -0.2) is 22.7 Å². The molecule has 0 radical (unpaired) electrons. The Labute approximate surface area is 103 Å². The van der Waals surface area contributed by atoms with E-state index in [1.165, 1.54) is 12.1 Å². The highest BCUT2D eigenvalue weighted by Gasteiger charge is 2.10. The second kappa shape index (κ2) is 5.42. The summed E-state index contributed by atoms with van der Waals surface area (Å²) >= 11 is 0. The van der Waals surface area contributed by atoms with Crippen molar-refractivity contribution in [1.29, 1.82) is 0 Å². The molecule has 1 heterocycles. The first-order valence-corrected chi connectivity index (χ1v) is 5.44. The van der Waals surface area contributed by atoms with Crippen LogP contribution in [0.2, 0.25) is 0 Å². The number of halogens is 1. The minimum atomic E-state index is -0.405. The van der Waals surface area contributed by atoms with Gasteiger partial charge < -0.3 is 0 Å². The van der Waals surface area contributed by atoms with Crippen LogP contribution in [0.1, 0.15) is 17.4 Å². The smallest absolute Gasteiger partial charge is 0.274 e. The van der Waals surface area contributed by atoms with E-state index in [1.807, 2.05) is 0 Å². The van der Waals surface area contributed by atoms with Crippen LogP contribution < -0.4 is 5.48 Å². The Morgan fingerprint density at radius 1 is 1.44 bits per heavy atom. The molecular weight excluding hydrogens is 237 g/mol. The van der Waals surface area contributed by atoms with Gasteiger partial charge in [0.15, 0.2) is 0 Å². The molecule has 1 aromatic heterocycles.